The van der Waals surface area contributed by atoms with Crippen LogP contribution < -0.4 is 15.2 Å². The molecular weight excluding hydrogens is 561 g/mol. The first kappa shape index (κ1) is 29.4. The van der Waals surface area contributed by atoms with Crippen LogP contribution in [0.4, 0.5) is 4.39 Å². The van der Waals surface area contributed by atoms with Gasteiger partial charge in [0.25, 0.3) is 0 Å². The van der Waals surface area contributed by atoms with Crippen molar-refractivity contribution in [2.75, 3.05) is 6.61 Å². The molecule has 44 heavy (non-hydrogen) atoms. The van der Waals surface area contributed by atoms with Crippen molar-refractivity contribution in [2.24, 2.45) is 5.73 Å². The highest BCUT2D eigenvalue weighted by Gasteiger charge is 2.45. The van der Waals surface area contributed by atoms with E-state index in [-0.39, 0.29) is 37.0 Å². The molecule has 3 N–H and O–H groups in total. The van der Waals surface area contributed by atoms with Crippen LogP contribution in [0.5, 0.6) is 11.5 Å². The molecule has 2 aliphatic rings. The largest absolute Gasteiger partial charge is 0.490 e. The number of pyridine rings is 2. The molecule has 9 heteroatoms. The van der Waals surface area contributed by atoms with Crippen molar-refractivity contribution in [2.45, 2.75) is 63.6 Å². The van der Waals surface area contributed by atoms with Crippen molar-refractivity contribution in [1.82, 2.24) is 9.97 Å². The van der Waals surface area contributed by atoms with Gasteiger partial charge >= 0.3 is 0 Å². The lowest BCUT2D eigenvalue weighted by Crippen LogP contribution is -2.40. The Labute approximate surface area is 255 Å². The molecule has 2 aromatic heterocycles. The number of aliphatic hydroxyl groups is 1. The Morgan fingerprint density at radius 3 is 2.55 bits per heavy atom. The van der Waals surface area contributed by atoms with Gasteiger partial charge in [-0.2, -0.15) is 0 Å². The predicted molar refractivity (Wildman–Crippen MR) is 163 cm³/mol. The molecule has 8 nitrogen and oxygen atoms in total. The van der Waals surface area contributed by atoms with E-state index in [1.165, 1.54) is 12.1 Å². The number of nitrogens with two attached hydrogens (primary N) is 1. The van der Waals surface area contributed by atoms with Gasteiger partial charge in [-0.15, -0.1) is 0 Å². The number of hydrogen-bond acceptors (Lipinski definition) is 7. The van der Waals surface area contributed by atoms with E-state index in [4.69, 9.17) is 20.2 Å². The van der Waals surface area contributed by atoms with Crippen molar-refractivity contribution in [3.05, 3.63) is 95.2 Å². The van der Waals surface area contributed by atoms with Crippen molar-refractivity contribution >= 4 is 11.7 Å². The predicted octanol–water partition coefficient (Wildman–Crippen LogP) is 5.81. The van der Waals surface area contributed by atoms with Gasteiger partial charge in [0.2, 0.25) is 5.91 Å². The van der Waals surface area contributed by atoms with E-state index in [9.17, 15) is 19.1 Å². The second-order valence-electron chi connectivity index (χ2n) is 12.1. The minimum atomic E-state index is -1.55. The second-order valence-corrected chi connectivity index (χ2v) is 12.1. The number of fused-ring (bicyclic) bond motifs is 1. The Morgan fingerprint density at radius 2 is 1.86 bits per heavy atom. The lowest BCUT2D eigenvalue weighted by molar-refractivity contribution is -0.123. The van der Waals surface area contributed by atoms with Crippen LogP contribution in [-0.2, 0) is 15.8 Å². The van der Waals surface area contributed by atoms with Crippen molar-refractivity contribution in [3.63, 3.8) is 0 Å². The van der Waals surface area contributed by atoms with E-state index >= 15 is 0 Å². The highest BCUT2D eigenvalue weighted by Crippen LogP contribution is 2.46. The maximum atomic E-state index is 13.7. The van der Waals surface area contributed by atoms with E-state index in [0.717, 1.165) is 29.7 Å². The SMILES string of the molecule is Cc1cc(-c2ccc(C(=O)CC[C@](C)(O)c3cc4c(c(-c5ccc(F)cc5)n3)OC[C@]4(C)C(N)=O)cc2OC2CC2)ccn1. The third-order valence-corrected chi connectivity index (χ3v) is 8.45. The zero-order valence-corrected chi connectivity index (χ0v) is 24.9. The number of Topliss-reactive ketones (excluding diaryl/α,β-unsaturated/α-hetero) is 1. The maximum Gasteiger partial charge on any atom is 0.231 e. The Hall–Kier alpha value is -4.63. The van der Waals surface area contributed by atoms with Crippen LogP contribution >= 0.6 is 0 Å². The molecule has 1 aliphatic carbocycles. The van der Waals surface area contributed by atoms with Crippen LogP contribution in [0.2, 0.25) is 0 Å². The Morgan fingerprint density at radius 1 is 1.11 bits per heavy atom. The summed E-state index contributed by atoms with van der Waals surface area (Å²) in [6.07, 6.45) is 3.92. The minimum absolute atomic E-state index is 0.0118. The summed E-state index contributed by atoms with van der Waals surface area (Å²) in [6, 6.07) is 16.7. The van der Waals surface area contributed by atoms with E-state index in [2.05, 4.69) is 4.98 Å². The number of nitrogens with zero attached hydrogens (tertiary/aromatic N) is 2. The quantitative estimate of drug-likeness (QED) is 0.222. The Bertz CT molecular complexity index is 1770. The molecule has 1 amide bonds. The molecule has 0 radical (unpaired) electrons. The highest BCUT2D eigenvalue weighted by molar-refractivity contribution is 5.97. The maximum absolute atomic E-state index is 13.7. The molecule has 0 spiro atoms. The molecular formula is C35H34FN3O5. The zero-order chi connectivity index (χ0) is 31.2. The summed E-state index contributed by atoms with van der Waals surface area (Å²) in [5.74, 6) is -0.145. The smallest absolute Gasteiger partial charge is 0.231 e. The first-order chi connectivity index (χ1) is 20.9. The number of ether oxygens (including phenoxy) is 2. The van der Waals surface area contributed by atoms with Crippen LogP contribution in [0.15, 0.2) is 66.9 Å². The number of halogens is 1. The van der Waals surface area contributed by atoms with Gasteiger partial charge in [-0.05, 0) is 100 Å². The molecule has 2 atom stereocenters. The van der Waals surface area contributed by atoms with Crippen molar-refractivity contribution in [3.8, 4) is 33.9 Å². The van der Waals surface area contributed by atoms with Gasteiger partial charge < -0.3 is 20.3 Å². The van der Waals surface area contributed by atoms with E-state index in [0.29, 0.717) is 33.9 Å². The third-order valence-electron chi connectivity index (χ3n) is 8.45. The summed E-state index contributed by atoms with van der Waals surface area (Å²) in [7, 11) is 0. The second kappa shape index (κ2) is 11.1. The fourth-order valence-electron chi connectivity index (χ4n) is 5.41. The molecule has 0 bridgehead atoms. The zero-order valence-electron chi connectivity index (χ0n) is 24.9. The summed E-state index contributed by atoms with van der Waals surface area (Å²) >= 11 is 0. The standard InChI is InChI=1S/C35H34FN3O5/c1-20-16-22(13-15-38-20)26-11-6-23(17-29(26)44-25-9-10-25)28(40)12-14-35(3,42)30-18-27-32(43-19-34(27,2)33(37)41)31(39-30)21-4-7-24(36)8-5-21/h4-8,11,13,15-18,25,42H,9-10,12,14,19H2,1-3H3,(H2,37,41)/t34-,35-/m0/s1. The number of carbonyl (C=O) groups is 2. The lowest BCUT2D eigenvalue weighted by atomic mass is 9.81. The van der Waals surface area contributed by atoms with Crippen molar-refractivity contribution < 1.29 is 28.6 Å². The number of rotatable bonds is 10. The molecule has 6 rings (SSSR count). The van der Waals surface area contributed by atoms with Crippen LogP contribution in [0.1, 0.15) is 66.8 Å². The van der Waals surface area contributed by atoms with Gasteiger partial charge in [-0.25, -0.2) is 9.37 Å². The van der Waals surface area contributed by atoms with E-state index in [1.807, 2.05) is 25.1 Å². The van der Waals surface area contributed by atoms with Gasteiger partial charge in [-0.3, -0.25) is 14.6 Å². The number of hydrogen-bond donors (Lipinski definition) is 2. The topological polar surface area (TPSA) is 125 Å². The molecule has 1 fully saturated rings. The number of amides is 1. The fourth-order valence-corrected chi connectivity index (χ4v) is 5.41. The normalized spacial score (nSPS) is 18.7. The molecule has 0 saturated heterocycles. The third kappa shape index (κ3) is 5.67. The lowest BCUT2D eigenvalue weighted by Gasteiger charge is -2.26. The monoisotopic (exact) mass is 595 g/mol. The average Bonchev–Trinajstić information content (AvgIpc) is 3.75. The van der Waals surface area contributed by atoms with Crippen LogP contribution in [0, 0.1) is 12.7 Å². The van der Waals surface area contributed by atoms with Crippen LogP contribution in [0.3, 0.4) is 0 Å². The number of aryl methyl sites for hydroxylation is 1. The van der Waals surface area contributed by atoms with E-state index in [1.54, 1.807) is 50.4 Å². The van der Waals surface area contributed by atoms with Crippen molar-refractivity contribution in [1.29, 1.82) is 0 Å². The van der Waals surface area contributed by atoms with Crippen LogP contribution in [-0.4, -0.2) is 39.5 Å². The molecule has 0 unspecified atom stereocenters. The molecule has 1 saturated carbocycles. The van der Waals surface area contributed by atoms with Gasteiger partial charge in [0.05, 0.1) is 11.8 Å². The number of aromatic nitrogens is 2. The molecule has 3 heterocycles. The number of ketones is 1. The molecule has 2 aromatic carbocycles. The minimum Gasteiger partial charge on any atom is -0.490 e. The first-order valence-electron chi connectivity index (χ1n) is 14.7. The Balaban J connectivity index is 1.29. The molecule has 1 aliphatic heterocycles. The fraction of sp³-hybridized carbons (Fsp3) is 0.314. The summed E-state index contributed by atoms with van der Waals surface area (Å²) in [5.41, 5.74) is 7.93. The van der Waals surface area contributed by atoms with E-state index < -0.39 is 22.7 Å². The van der Waals surface area contributed by atoms with Gasteiger partial charge in [0.15, 0.2) is 5.78 Å². The summed E-state index contributed by atoms with van der Waals surface area (Å²) in [5, 5.41) is 11.7. The number of carbonyl (C=O) groups excluding carboxylic acids is 2. The summed E-state index contributed by atoms with van der Waals surface area (Å²) in [6.45, 7) is 5.19. The first-order valence-corrected chi connectivity index (χ1v) is 14.7. The van der Waals surface area contributed by atoms with Gasteiger partial charge in [-0.1, -0.05) is 6.07 Å². The van der Waals surface area contributed by atoms with Gasteiger partial charge in [0.1, 0.15) is 40.6 Å². The molecule has 4 aromatic rings. The molecule has 226 valence electrons. The highest BCUT2D eigenvalue weighted by atomic mass is 19.1. The number of benzene rings is 2. The Kier molecular flexibility index (Phi) is 7.45. The summed E-state index contributed by atoms with van der Waals surface area (Å²) < 4.78 is 25.8. The average molecular weight is 596 g/mol. The van der Waals surface area contributed by atoms with Gasteiger partial charge in [0, 0.05) is 40.6 Å². The summed E-state index contributed by atoms with van der Waals surface area (Å²) in [4.78, 5) is 34.9. The van der Waals surface area contributed by atoms with Crippen LogP contribution in [0.25, 0.3) is 22.4 Å². The number of primary amides is 1.